The van der Waals surface area contributed by atoms with Crippen molar-refractivity contribution in [3.05, 3.63) is 117 Å². The average molecular weight is 621 g/mol. The van der Waals surface area contributed by atoms with Gasteiger partial charge in [-0.2, -0.15) is 5.10 Å². The lowest BCUT2D eigenvalue weighted by atomic mass is 10.1. The maximum atomic E-state index is 12.8. The summed E-state index contributed by atoms with van der Waals surface area (Å²) in [5, 5.41) is 7.06. The molecule has 1 heterocycles. The number of esters is 1. The lowest BCUT2D eigenvalue weighted by Gasteiger charge is -2.09. The van der Waals surface area contributed by atoms with E-state index in [1.54, 1.807) is 78.9 Å². The van der Waals surface area contributed by atoms with Crippen molar-refractivity contribution in [3.63, 3.8) is 0 Å². The summed E-state index contributed by atoms with van der Waals surface area (Å²) in [6.45, 7) is 0.0916. The molecule has 0 fully saturated rings. The van der Waals surface area contributed by atoms with E-state index in [1.165, 1.54) is 12.3 Å². The topological polar surface area (TPSA) is 115 Å². The Labute approximate surface area is 241 Å². The highest BCUT2D eigenvalue weighted by Crippen LogP contribution is 2.33. The molecule has 0 spiro atoms. The Morgan fingerprint density at radius 2 is 1.70 bits per heavy atom. The molecule has 2 N–H and O–H groups in total. The molecule has 5 rings (SSSR count). The Bertz CT molecular complexity index is 1660. The summed E-state index contributed by atoms with van der Waals surface area (Å²) in [6.07, 6.45) is 1.36. The van der Waals surface area contributed by atoms with E-state index in [0.717, 1.165) is 0 Å². The molecular weight excluding hydrogens is 602 g/mol. The number of halogens is 2. The Morgan fingerprint density at radius 3 is 2.55 bits per heavy atom. The lowest BCUT2D eigenvalue weighted by Crippen LogP contribution is -2.18. The van der Waals surface area contributed by atoms with Crippen LogP contribution < -0.4 is 25.0 Å². The van der Waals surface area contributed by atoms with Gasteiger partial charge in [0, 0.05) is 21.3 Å². The van der Waals surface area contributed by atoms with Crippen LogP contribution in [0.3, 0.4) is 0 Å². The van der Waals surface area contributed by atoms with E-state index in [0.29, 0.717) is 37.8 Å². The van der Waals surface area contributed by atoms with E-state index in [2.05, 4.69) is 31.8 Å². The fraction of sp³-hybridized carbons (Fsp3) is 0.0345. The molecule has 0 atom stereocenters. The highest BCUT2D eigenvalue weighted by molar-refractivity contribution is 9.10. The Morgan fingerprint density at radius 1 is 0.875 bits per heavy atom. The molecule has 2 amide bonds. The van der Waals surface area contributed by atoms with Gasteiger partial charge in [0.15, 0.2) is 11.5 Å². The van der Waals surface area contributed by atoms with Gasteiger partial charge in [-0.25, -0.2) is 10.2 Å². The lowest BCUT2D eigenvalue weighted by molar-refractivity contribution is 0.0733. The first-order valence-electron chi connectivity index (χ1n) is 11.8. The van der Waals surface area contributed by atoms with E-state index in [1.807, 2.05) is 0 Å². The molecule has 4 aromatic carbocycles. The number of benzene rings is 4. The summed E-state index contributed by atoms with van der Waals surface area (Å²) in [5.41, 5.74) is 4.14. The number of hydrogen-bond donors (Lipinski definition) is 2. The normalized spacial score (nSPS) is 11.8. The second-order valence-electron chi connectivity index (χ2n) is 8.35. The molecule has 4 aromatic rings. The third kappa shape index (κ3) is 6.31. The largest absolute Gasteiger partial charge is 0.454 e. The number of hydrazone groups is 1. The van der Waals surface area contributed by atoms with Gasteiger partial charge in [0.25, 0.3) is 11.8 Å². The number of nitrogens with one attached hydrogen (secondary N) is 2. The molecule has 0 saturated heterocycles. The first kappa shape index (κ1) is 26.9. The van der Waals surface area contributed by atoms with Crippen molar-refractivity contribution in [2.75, 3.05) is 12.1 Å². The van der Waals surface area contributed by atoms with Crippen molar-refractivity contribution in [3.8, 4) is 17.2 Å². The number of anilines is 1. The predicted octanol–water partition coefficient (Wildman–Crippen LogP) is 6.07. The van der Waals surface area contributed by atoms with Crippen molar-refractivity contribution in [1.82, 2.24) is 5.43 Å². The SMILES string of the molecule is O=C(NN=Cc1cc(Br)ccc1OC(=O)c1ccc2c(c1)OCO2)c1cccc(NC(=O)c2ccccc2Cl)c1. The van der Waals surface area contributed by atoms with Crippen LogP contribution in [-0.4, -0.2) is 30.8 Å². The zero-order valence-corrected chi connectivity index (χ0v) is 22.9. The predicted molar refractivity (Wildman–Crippen MR) is 153 cm³/mol. The van der Waals surface area contributed by atoms with E-state index < -0.39 is 17.8 Å². The van der Waals surface area contributed by atoms with Crippen molar-refractivity contribution in [1.29, 1.82) is 0 Å². The molecule has 0 radical (unpaired) electrons. The minimum absolute atomic E-state index is 0.0916. The number of hydrogen-bond acceptors (Lipinski definition) is 7. The minimum Gasteiger partial charge on any atom is -0.454 e. The third-order valence-electron chi connectivity index (χ3n) is 5.65. The second kappa shape index (κ2) is 12.0. The number of rotatable bonds is 7. The van der Waals surface area contributed by atoms with Crippen LogP contribution in [0.25, 0.3) is 0 Å². The standard InChI is InChI=1S/C29H19BrClN3O6/c30-20-9-11-24(40-29(37)18-8-10-25-26(14-18)39-16-38-25)19(12-20)15-32-34-27(35)17-4-3-5-21(13-17)33-28(36)22-6-1-2-7-23(22)31/h1-15H,16H2,(H,33,36)(H,34,35). The number of amides is 2. The summed E-state index contributed by atoms with van der Waals surface area (Å²) in [4.78, 5) is 38.0. The van der Waals surface area contributed by atoms with Gasteiger partial charge in [0.1, 0.15) is 5.75 Å². The van der Waals surface area contributed by atoms with Crippen LogP contribution in [-0.2, 0) is 0 Å². The molecule has 200 valence electrons. The summed E-state index contributed by atoms with van der Waals surface area (Å²) in [5.74, 6) is -0.278. The van der Waals surface area contributed by atoms with Crippen molar-refractivity contribution >= 4 is 57.2 Å². The van der Waals surface area contributed by atoms with Crippen LogP contribution >= 0.6 is 27.5 Å². The molecule has 40 heavy (non-hydrogen) atoms. The first-order chi connectivity index (χ1) is 19.4. The van der Waals surface area contributed by atoms with Crippen LogP contribution in [0.5, 0.6) is 17.2 Å². The number of nitrogens with zero attached hydrogens (tertiary/aromatic N) is 1. The molecule has 0 aromatic heterocycles. The van der Waals surface area contributed by atoms with Crippen molar-refractivity contribution < 1.29 is 28.6 Å². The monoisotopic (exact) mass is 619 g/mol. The second-order valence-corrected chi connectivity index (χ2v) is 9.68. The van der Waals surface area contributed by atoms with Crippen LogP contribution in [0.1, 0.15) is 36.6 Å². The van der Waals surface area contributed by atoms with Crippen LogP contribution in [0.15, 0.2) is 94.5 Å². The fourth-order valence-corrected chi connectivity index (χ4v) is 4.30. The fourth-order valence-electron chi connectivity index (χ4n) is 3.70. The van der Waals surface area contributed by atoms with Gasteiger partial charge < -0.3 is 19.5 Å². The van der Waals surface area contributed by atoms with E-state index in [9.17, 15) is 14.4 Å². The number of carbonyl (C=O) groups excluding carboxylic acids is 3. The molecule has 0 aliphatic carbocycles. The van der Waals surface area contributed by atoms with Gasteiger partial charge in [-0.1, -0.05) is 45.7 Å². The minimum atomic E-state index is -0.602. The smallest absolute Gasteiger partial charge is 0.343 e. The molecular formula is C29H19BrClN3O6. The molecule has 9 nitrogen and oxygen atoms in total. The first-order valence-corrected chi connectivity index (χ1v) is 13.0. The van der Waals surface area contributed by atoms with E-state index in [-0.39, 0.29) is 23.7 Å². The number of fused-ring (bicyclic) bond motifs is 1. The highest BCUT2D eigenvalue weighted by Gasteiger charge is 2.18. The maximum absolute atomic E-state index is 12.8. The van der Waals surface area contributed by atoms with Crippen LogP contribution in [0.4, 0.5) is 5.69 Å². The van der Waals surface area contributed by atoms with Gasteiger partial charge in [0.2, 0.25) is 6.79 Å². The van der Waals surface area contributed by atoms with Gasteiger partial charge in [-0.15, -0.1) is 0 Å². The Kier molecular flexibility index (Phi) is 8.09. The van der Waals surface area contributed by atoms with Gasteiger partial charge >= 0.3 is 5.97 Å². The highest BCUT2D eigenvalue weighted by atomic mass is 79.9. The summed E-state index contributed by atoms with van der Waals surface area (Å²) in [6, 6.07) is 22.8. The molecule has 0 unspecified atom stereocenters. The average Bonchev–Trinajstić information content (AvgIpc) is 3.43. The number of carbonyl (C=O) groups is 3. The summed E-state index contributed by atoms with van der Waals surface area (Å²) >= 11 is 9.48. The van der Waals surface area contributed by atoms with Gasteiger partial charge in [-0.3, -0.25) is 9.59 Å². The van der Waals surface area contributed by atoms with Crippen molar-refractivity contribution in [2.45, 2.75) is 0 Å². The summed E-state index contributed by atoms with van der Waals surface area (Å²) < 4.78 is 16.9. The van der Waals surface area contributed by atoms with E-state index >= 15 is 0 Å². The van der Waals surface area contributed by atoms with E-state index in [4.69, 9.17) is 25.8 Å². The molecule has 1 aliphatic rings. The van der Waals surface area contributed by atoms with Crippen LogP contribution in [0, 0.1) is 0 Å². The molecule has 0 saturated carbocycles. The molecule has 0 bridgehead atoms. The Hall–Kier alpha value is -4.67. The van der Waals surface area contributed by atoms with Crippen LogP contribution in [0.2, 0.25) is 5.02 Å². The number of ether oxygens (including phenoxy) is 3. The Balaban J connectivity index is 1.25. The molecule has 1 aliphatic heterocycles. The zero-order chi connectivity index (χ0) is 28.1. The summed E-state index contributed by atoms with van der Waals surface area (Å²) in [7, 11) is 0. The third-order valence-corrected chi connectivity index (χ3v) is 6.48. The van der Waals surface area contributed by atoms with Gasteiger partial charge in [0.05, 0.1) is 22.4 Å². The van der Waals surface area contributed by atoms with Gasteiger partial charge in [-0.05, 0) is 66.7 Å². The maximum Gasteiger partial charge on any atom is 0.343 e. The molecule has 11 heteroatoms. The quantitative estimate of drug-likeness (QED) is 0.112. The van der Waals surface area contributed by atoms with Crippen molar-refractivity contribution in [2.24, 2.45) is 5.10 Å². The zero-order valence-electron chi connectivity index (χ0n) is 20.5.